The summed E-state index contributed by atoms with van der Waals surface area (Å²) in [7, 11) is 0. The Morgan fingerprint density at radius 3 is 2.70 bits per heavy atom. The van der Waals surface area contributed by atoms with Gasteiger partial charge in [0.05, 0.1) is 0 Å². The quantitative estimate of drug-likeness (QED) is 0.871. The Hall–Kier alpha value is -1.02. The predicted octanol–water partition coefficient (Wildman–Crippen LogP) is 4.06. The molecule has 0 fully saturated rings. The SMILES string of the molecule is CCC(C)C1CN(CCC(C)C)c2ccccc2CN1. The molecular formula is C18H30N2. The van der Waals surface area contributed by atoms with Gasteiger partial charge < -0.3 is 10.2 Å². The fourth-order valence-corrected chi connectivity index (χ4v) is 2.90. The fourth-order valence-electron chi connectivity index (χ4n) is 2.90. The van der Waals surface area contributed by atoms with Gasteiger partial charge >= 0.3 is 0 Å². The van der Waals surface area contributed by atoms with Crippen molar-refractivity contribution >= 4 is 5.69 Å². The van der Waals surface area contributed by atoms with Crippen molar-refractivity contribution in [2.24, 2.45) is 11.8 Å². The van der Waals surface area contributed by atoms with E-state index < -0.39 is 0 Å². The Bertz CT molecular complexity index is 414. The lowest BCUT2D eigenvalue weighted by Crippen LogP contribution is -2.42. The molecule has 0 bridgehead atoms. The van der Waals surface area contributed by atoms with Crippen molar-refractivity contribution in [2.75, 3.05) is 18.0 Å². The highest BCUT2D eigenvalue weighted by molar-refractivity contribution is 5.54. The van der Waals surface area contributed by atoms with Gasteiger partial charge in [-0.05, 0) is 29.9 Å². The second-order valence-electron chi connectivity index (χ2n) is 6.63. The summed E-state index contributed by atoms with van der Waals surface area (Å²) in [6.45, 7) is 12.6. The van der Waals surface area contributed by atoms with Crippen molar-refractivity contribution in [1.82, 2.24) is 5.32 Å². The van der Waals surface area contributed by atoms with Crippen molar-refractivity contribution in [1.29, 1.82) is 0 Å². The van der Waals surface area contributed by atoms with Crippen LogP contribution in [-0.4, -0.2) is 19.1 Å². The number of fused-ring (bicyclic) bond motifs is 1. The molecule has 2 rings (SSSR count). The molecule has 0 aliphatic carbocycles. The summed E-state index contributed by atoms with van der Waals surface area (Å²) in [5.74, 6) is 1.49. The lowest BCUT2D eigenvalue weighted by Gasteiger charge is -2.30. The van der Waals surface area contributed by atoms with Gasteiger partial charge in [-0.3, -0.25) is 0 Å². The zero-order chi connectivity index (χ0) is 14.5. The van der Waals surface area contributed by atoms with Crippen molar-refractivity contribution in [2.45, 2.75) is 53.1 Å². The summed E-state index contributed by atoms with van der Waals surface area (Å²) in [4.78, 5) is 2.60. The third-order valence-corrected chi connectivity index (χ3v) is 4.61. The first kappa shape index (κ1) is 15.4. The number of anilines is 1. The van der Waals surface area contributed by atoms with E-state index in [0.717, 1.165) is 24.9 Å². The van der Waals surface area contributed by atoms with Crippen LogP contribution in [0.3, 0.4) is 0 Å². The van der Waals surface area contributed by atoms with Gasteiger partial charge in [0.25, 0.3) is 0 Å². The molecule has 0 spiro atoms. The summed E-state index contributed by atoms with van der Waals surface area (Å²) in [5.41, 5.74) is 2.88. The van der Waals surface area contributed by atoms with Crippen molar-refractivity contribution in [3.63, 3.8) is 0 Å². The van der Waals surface area contributed by atoms with Crippen LogP contribution >= 0.6 is 0 Å². The molecule has 1 aromatic rings. The van der Waals surface area contributed by atoms with E-state index in [1.54, 1.807) is 0 Å². The number of rotatable bonds is 5. The molecule has 20 heavy (non-hydrogen) atoms. The minimum absolute atomic E-state index is 0.597. The molecule has 1 aliphatic rings. The molecule has 0 aromatic heterocycles. The summed E-state index contributed by atoms with van der Waals surface area (Å²) < 4.78 is 0. The smallest absolute Gasteiger partial charge is 0.0412 e. The minimum atomic E-state index is 0.597. The van der Waals surface area contributed by atoms with Gasteiger partial charge in [-0.1, -0.05) is 52.3 Å². The van der Waals surface area contributed by atoms with Crippen LogP contribution in [0.5, 0.6) is 0 Å². The lowest BCUT2D eigenvalue weighted by atomic mass is 9.98. The van der Waals surface area contributed by atoms with Gasteiger partial charge in [0.15, 0.2) is 0 Å². The van der Waals surface area contributed by atoms with Gasteiger partial charge in [0.1, 0.15) is 0 Å². The van der Waals surface area contributed by atoms with E-state index in [-0.39, 0.29) is 0 Å². The fraction of sp³-hybridized carbons (Fsp3) is 0.667. The topological polar surface area (TPSA) is 15.3 Å². The van der Waals surface area contributed by atoms with Gasteiger partial charge in [0.2, 0.25) is 0 Å². The molecule has 0 saturated carbocycles. The summed E-state index contributed by atoms with van der Waals surface area (Å²) >= 11 is 0. The molecular weight excluding hydrogens is 244 g/mol. The largest absolute Gasteiger partial charge is 0.370 e. The highest BCUT2D eigenvalue weighted by atomic mass is 15.2. The van der Waals surface area contributed by atoms with Crippen LogP contribution in [-0.2, 0) is 6.54 Å². The molecule has 2 unspecified atom stereocenters. The van der Waals surface area contributed by atoms with Crippen LogP contribution < -0.4 is 10.2 Å². The van der Waals surface area contributed by atoms with E-state index in [4.69, 9.17) is 0 Å². The van der Waals surface area contributed by atoms with Crippen molar-refractivity contribution in [3.05, 3.63) is 29.8 Å². The van der Waals surface area contributed by atoms with Gasteiger partial charge in [-0.25, -0.2) is 0 Å². The first-order chi connectivity index (χ1) is 9.61. The molecule has 0 radical (unpaired) electrons. The predicted molar refractivity (Wildman–Crippen MR) is 88.2 cm³/mol. The van der Waals surface area contributed by atoms with Crippen LogP contribution in [0.25, 0.3) is 0 Å². The molecule has 2 atom stereocenters. The Labute approximate surface area is 124 Å². The minimum Gasteiger partial charge on any atom is -0.370 e. The first-order valence-electron chi connectivity index (χ1n) is 8.18. The van der Waals surface area contributed by atoms with E-state index in [1.807, 2.05) is 0 Å². The third-order valence-electron chi connectivity index (χ3n) is 4.61. The van der Waals surface area contributed by atoms with E-state index in [1.165, 1.54) is 30.6 Å². The molecule has 0 amide bonds. The highest BCUT2D eigenvalue weighted by Crippen LogP contribution is 2.26. The van der Waals surface area contributed by atoms with Crippen LogP contribution in [0.15, 0.2) is 24.3 Å². The van der Waals surface area contributed by atoms with Gasteiger partial charge in [0, 0.05) is 31.4 Å². The van der Waals surface area contributed by atoms with Crippen LogP contribution in [0.4, 0.5) is 5.69 Å². The monoisotopic (exact) mass is 274 g/mol. The standard InChI is InChI=1S/C18H30N2/c1-5-15(4)17-13-20(11-10-14(2)3)18-9-7-6-8-16(18)12-19-17/h6-9,14-15,17,19H,5,10-13H2,1-4H3. The average Bonchev–Trinajstić information content (AvgIpc) is 2.64. The Balaban J connectivity index is 2.18. The first-order valence-corrected chi connectivity index (χ1v) is 8.18. The normalized spacial score (nSPS) is 20.6. The zero-order valence-electron chi connectivity index (χ0n) is 13.5. The number of benzene rings is 1. The van der Waals surface area contributed by atoms with E-state index in [0.29, 0.717) is 6.04 Å². The molecule has 1 N–H and O–H groups in total. The maximum Gasteiger partial charge on any atom is 0.0412 e. The highest BCUT2D eigenvalue weighted by Gasteiger charge is 2.24. The van der Waals surface area contributed by atoms with E-state index in [9.17, 15) is 0 Å². The van der Waals surface area contributed by atoms with Crippen molar-refractivity contribution < 1.29 is 0 Å². The Morgan fingerprint density at radius 2 is 2.00 bits per heavy atom. The molecule has 112 valence electrons. The average molecular weight is 274 g/mol. The molecule has 2 nitrogen and oxygen atoms in total. The third kappa shape index (κ3) is 3.76. The number of hydrogen-bond acceptors (Lipinski definition) is 2. The summed E-state index contributed by atoms with van der Waals surface area (Å²) in [6, 6.07) is 9.48. The molecule has 1 aliphatic heterocycles. The lowest BCUT2D eigenvalue weighted by molar-refractivity contribution is 0.369. The summed E-state index contributed by atoms with van der Waals surface area (Å²) in [6.07, 6.45) is 2.51. The number of para-hydroxylation sites is 1. The molecule has 2 heteroatoms. The number of nitrogens with one attached hydrogen (secondary N) is 1. The number of nitrogens with zero attached hydrogens (tertiary/aromatic N) is 1. The summed E-state index contributed by atoms with van der Waals surface area (Å²) in [5, 5.41) is 3.76. The Morgan fingerprint density at radius 1 is 1.25 bits per heavy atom. The molecule has 1 heterocycles. The van der Waals surface area contributed by atoms with Gasteiger partial charge in [-0.2, -0.15) is 0 Å². The van der Waals surface area contributed by atoms with E-state index in [2.05, 4.69) is 62.2 Å². The second-order valence-corrected chi connectivity index (χ2v) is 6.63. The van der Waals surface area contributed by atoms with Crippen LogP contribution in [0.1, 0.15) is 46.1 Å². The maximum absolute atomic E-state index is 3.76. The molecule has 0 saturated heterocycles. The van der Waals surface area contributed by atoms with Crippen LogP contribution in [0, 0.1) is 11.8 Å². The second kappa shape index (κ2) is 7.12. The van der Waals surface area contributed by atoms with Crippen LogP contribution in [0.2, 0.25) is 0 Å². The van der Waals surface area contributed by atoms with Crippen molar-refractivity contribution in [3.8, 4) is 0 Å². The Kier molecular flexibility index (Phi) is 5.47. The molecule has 1 aromatic carbocycles. The number of hydrogen-bond donors (Lipinski definition) is 1. The maximum atomic E-state index is 3.76. The van der Waals surface area contributed by atoms with Gasteiger partial charge in [-0.15, -0.1) is 0 Å². The van der Waals surface area contributed by atoms with E-state index >= 15 is 0 Å². The zero-order valence-corrected chi connectivity index (χ0v) is 13.5.